The molecule has 0 radical (unpaired) electrons. The van der Waals surface area contributed by atoms with Crippen molar-refractivity contribution in [3.8, 4) is 11.3 Å². The topological polar surface area (TPSA) is 76.0 Å². The summed E-state index contributed by atoms with van der Waals surface area (Å²) in [4.78, 5) is 23.7. The fourth-order valence-corrected chi connectivity index (χ4v) is 3.18. The lowest BCUT2D eigenvalue weighted by atomic mass is 10.0. The van der Waals surface area contributed by atoms with Crippen LogP contribution < -0.4 is 10.6 Å². The number of carbonyl (C=O) groups excluding carboxylic acids is 2. The Morgan fingerprint density at radius 1 is 0.968 bits per heavy atom. The normalized spacial score (nSPS) is 10.9. The van der Waals surface area contributed by atoms with Gasteiger partial charge in [-0.3, -0.25) is 14.3 Å². The molecule has 1 aromatic heterocycles. The van der Waals surface area contributed by atoms with Gasteiger partial charge in [-0.15, -0.1) is 0 Å². The van der Waals surface area contributed by atoms with Crippen LogP contribution in [-0.4, -0.2) is 34.7 Å². The van der Waals surface area contributed by atoms with Gasteiger partial charge in [0.05, 0.1) is 18.8 Å². The van der Waals surface area contributed by atoms with E-state index in [4.69, 9.17) is 5.10 Å². The molecule has 0 aliphatic carbocycles. The molecule has 160 valence electrons. The van der Waals surface area contributed by atoms with Gasteiger partial charge in [-0.05, 0) is 30.5 Å². The van der Waals surface area contributed by atoms with Crippen LogP contribution in [0.3, 0.4) is 0 Å². The van der Waals surface area contributed by atoms with Gasteiger partial charge in [0.25, 0.3) is 0 Å². The van der Waals surface area contributed by atoms with E-state index in [1.165, 1.54) is 11.6 Å². The minimum Gasteiger partial charge on any atom is -0.355 e. The molecule has 3 aromatic rings. The minimum atomic E-state index is -0.325. The number of nitrogens with zero attached hydrogens (tertiary/aromatic N) is 2. The number of carbonyl (C=O) groups is 2. The third-order valence-electron chi connectivity index (χ3n) is 4.82. The summed E-state index contributed by atoms with van der Waals surface area (Å²) in [5.74, 6) is -0.536. The average molecular weight is 417 g/mol. The molecule has 0 saturated carbocycles. The second kappa shape index (κ2) is 10.9. The highest BCUT2D eigenvalue weighted by Gasteiger charge is 2.11. The molecule has 1 heterocycles. The van der Waals surface area contributed by atoms with Gasteiger partial charge in [-0.2, -0.15) is 5.10 Å². The highest BCUT2D eigenvalue weighted by Crippen LogP contribution is 2.24. The van der Waals surface area contributed by atoms with Crippen LogP contribution in [0.25, 0.3) is 17.3 Å². The molecular weight excluding hydrogens is 388 g/mol. The molecule has 0 spiro atoms. The van der Waals surface area contributed by atoms with E-state index >= 15 is 0 Å². The Hall–Kier alpha value is -3.67. The number of likely N-dealkylation sites (N-methyl/N-ethyl adjacent to an activating group) is 1. The van der Waals surface area contributed by atoms with Crippen LogP contribution in [0, 0.1) is 0 Å². The van der Waals surface area contributed by atoms with Crippen molar-refractivity contribution >= 4 is 17.9 Å². The summed E-state index contributed by atoms with van der Waals surface area (Å²) in [6.07, 6.45) is 6.09. The Kier molecular flexibility index (Phi) is 7.76. The van der Waals surface area contributed by atoms with Crippen molar-refractivity contribution in [2.75, 3.05) is 13.1 Å². The molecule has 6 nitrogen and oxygen atoms in total. The van der Waals surface area contributed by atoms with Crippen molar-refractivity contribution in [2.24, 2.45) is 0 Å². The van der Waals surface area contributed by atoms with Crippen LogP contribution in [0.4, 0.5) is 0 Å². The lowest BCUT2D eigenvalue weighted by molar-refractivity contribution is -0.123. The van der Waals surface area contributed by atoms with Crippen LogP contribution >= 0.6 is 0 Å². The molecule has 6 heteroatoms. The van der Waals surface area contributed by atoms with Crippen LogP contribution in [-0.2, 0) is 22.6 Å². The number of hydrogen-bond acceptors (Lipinski definition) is 3. The predicted molar refractivity (Wildman–Crippen MR) is 123 cm³/mol. The van der Waals surface area contributed by atoms with E-state index in [-0.39, 0.29) is 18.4 Å². The maximum atomic E-state index is 12.1. The van der Waals surface area contributed by atoms with E-state index in [0.29, 0.717) is 13.1 Å². The van der Waals surface area contributed by atoms with Crippen LogP contribution in [0.1, 0.15) is 30.5 Å². The number of hydrogen-bond donors (Lipinski definition) is 2. The summed E-state index contributed by atoms with van der Waals surface area (Å²) in [7, 11) is 0. The number of benzene rings is 2. The molecular formula is C25H28N4O2. The highest BCUT2D eigenvalue weighted by molar-refractivity contribution is 5.95. The summed E-state index contributed by atoms with van der Waals surface area (Å²) in [6, 6.07) is 18.4. The molecule has 2 aromatic carbocycles. The maximum Gasteiger partial charge on any atom is 0.244 e. The Morgan fingerprint density at radius 3 is 2.39 bits per heavy atom. The summed E-state index contributed by atoms with van der Waals surface area (Å²) in [6.45, 7) is 5.08. The predicted octanol–water partition coefficient (Wildman–Crippen LogP) is 3.43. The second-order valence-electron chi connectivity index (χ2n) is 7.17. The van der Waals surface area contributed by atoms with Gasteiger partial charge in [-0.25, -0.2) is 0 Å². The Balaban J connectivity index is 1.82. The lowest BCUT2D eigenvalue weighted by Gasteiger charge is -2.03. The fraction of sp³-hybridized carbons (Fsp3) is 0.240. The summed E-state index contributed by atoms with van der Waals surface area (Å²) in [5.41, 5.74) is 5.05. The number of aryl methyl sites for hydroxylation is 1. The van der Waals surface area contributed by atoms with E-state index in [0.717, 1.165) is 28.8 Å². The third kappa shape index (κ3) is 6.40. The van der Waals surface area contributed by atoms with Crippen LogP contribution in [0.5, 0.6) is 0 Å². The first-order valence-electron chi connectivity index (χ1n) is 10.5. The Bertz CT molecular complexity index is 1040. The quantitative estimate of drug-likeness (QED) is 0.525. The zero-order valence-corrected chi connectivity index (χ0v) is 18.0. The molecule has 31 heavy (non-hydrogen) atoms. The molecule has 0 bridgehead atoms. The van der Waals surface area contributed by atoms with Crippen molar-refractivity contribution in [3.63, 3.8) is 0 Å². The molecule has 2 N–H and O–H groups in total. The number of amides is 2. The van der Waals surface area contributed by atoms with Crippen LogP contribution in [0.15, 0.2) is 66.9 Å². The van der Waals surface area contributed by atoms with Gasteiger partial charge in [0, 0.05) is 29.9 Å². The molecule has 0 unspecified atom stereocenters. The smallest absolute Gasteiger partial charge is 0.244 e. The van der Waals surface area contributed by atoms with Gasteiger partial charge in [0.1, 0.15) is 0 Å². The number of nitrogens with one attached hydrogen (secondary N) is 2. The molecule has 0 aliphatic rings. The largest absolute Gasteiger partial charge is 0.355 e. The summed E-state index contributed by atoms with van der Waals surface area (Å²) >= 11 is 0. The van der Waals surface area contributed by atoms with Crippen molar-refractivity contribution < 1.29 is 9.59 Å². The number of aromatic nitrogens is 2. The van der Waals surface area contributed by atoms with Gasteiger partial charge in [0.15, 0.2) is 0 Å². The zero-order chi connectivity index (χ0) is 22.1. The van der Waals surface area contributed by atoms with Crippen molar-refractivity contribution in [3.05, 3.63) is 83.6 Å². The molecule has 3 rings (SSSR count). The molecule has 0 atom stereocenters. The minimum absolute atomic E-state index is 0.0460. The molecule has 0 aliphatic heterocycles. The highest BCUT2D eigenvalue weighted by atomic mass is 16.2. The standard InChI is InChI=1S/C25H28N4O2/c1-3-19-10-12-21(13-11-19)25-22(14-15-23(30)27-16-24(31)26-4-2)18-29(28-25)17-20-8-6-5-7-9-20/h5-15,18H,3-4,16-17H2,1-2H3,(H,26,31)(H,27,30)/b15-14+. The van der Waals surface area contributed by atoms with E-state index in [1.807, 2.05) is 36.0 Å². The first-order chi connectivity index (χ1) is 15.1. The first kappa shape index (κ1) is 22.0. The van der Waals surface area contributed by atoms with E-state index in [2.05, 4.69) is 54.0 Å². The van der Waals surface area contributed by atoms with Gasteiger partial charge in [-0.1, -0.05) is 61.5 Å². The summed E-state index contributed by atoms with van der Waals surface area (Å²) in [5, 5.41) is 10.0. The fourth-order valence-electron chi connectivity index (χ4n) is 3.18. The Morgan fingerprint density at radius 2 is 1.71 bits per heavy atom. The average Bonchev–Trinajstić information content (AvgIpc) is 3.19. The third-order valence-corrected chi connectivity index (χ3v) is 4.82. The molecule has 2 amide bonds. The van der Waals surface area contributed by atoms with Gasteiger partial charge < -0.3 is 10.6 Å². The Labute approximate surface area is 183 Å². The van der Waals surface area contributed by atoms with E-state index < -0.39 is 0 Å². The SMILES string of the molecule is CCNC(=O)CNC(=O)/C=C/c1cn(Cc2ccccc2)nc1-c1ccc(CC)cc1. The second-order valence-corrected chi connectivity index (χ2v) is 7.17. The van der Waals surface area contributed by atoms with Crippen LogP contribution in [0.2, 0.25) is 0 Å². The molecule has 0 fully saturated rings. The van der Waals surface area contributed by atoms with E-state index in [1.54, 1.807) is 6.08 Å². The van der Waals surface area contributed by atoms with Gasteiger partial charge in [0.2, 0.25) is 11.8 Å². The monoisotopic (exact) mass is 416 g/mol. The van der Waals surface area contributed by atoms with Crippen molar-refractivity contribution in [1.82, 2.24) is 20.4 Å². The maximum absolute atomic E-state index is 12.1. The number of rotatable bonds is 9. The zero-order valence-electron chi connectivity index (χ0n) is 18.0. The van der Waals surface area contributed by atoms with Gasteiger partial charge >= 0.3 is 0 Å². The van der Waals surface area contributed by atoms with E-state index in [9.17, 15) is 9.59 Å². The van der Waals surface area contributed by atoms with Crippen molar-refractivity contribution in [2.45, 2.75) is 26.8 Å². The lowest BCUT2D eigenvalue weighted by Crippen LogP contribution is -2.35. The summed E-state index contributed by atoms with van der Waals surface area (Å²) < 4.78 is 1.88. The first-order valence-corrected chi connectivity index (χ1v) is 10.5. The van der Waals surface area contributed by atoms with Crippen molar-refractivity contribution in [1.29, 1.82) is 0 Å². The molecule has 0 saturated heterocycles.